The Kier molecular flexibility index (Phi) is 4.80. The van der Waals surface area contributed by atoms with Gasteiger partial charge in [-0.05, 0) is 27.7 Å². The summed E-state index contributed by atoms with van der Waals surface area (Å²) in [6, 6.07) is -1.39. The van der Waals surface area contributed by atoms with Gasteiger partial charge in [0.2, 0.25) is 5.91 Å². The van der Waals surface area contributed by atoms with Crippen molar-refractivity contribution in [1.29, 1.82) is 0 Å². The summed E-state index contributed by atoms with van der Waals surface area (Å²) in [5.74, 6) is -2.44. The Morgan fingerprint density at radius 1 is 1.29 bits per heavy atom. The van der Waals surface area contributed by atoms with Crippen LogP contribution in [-0.4, -0.2) is 57.0 Å². The first-order valence-electron chi connectivity index (χ1n) is 7.74. The Labute approximate surface area is 145 Å². The topological polar surface area (TPSA) is 108 Å². The molecule has 2 fully saturated rings. The van der Waals surface area contributed by atoms with Gasteiger partial charge in [-0.15, -0.1) is 11.8 Å². The molecule has 0 saturated carbocycles. The number of nitrogens with two attached hydrogens (primary N) is 1. The van der Waals surface area contributed by atoms with Crippen LogP contribution in [-0.2, 0) is 23.8 Å². The lowest BCUT2D eigenvalue weighted by Gasteiger charge is -2.42. The van der Waals surface area contributed by atoms with Crippen molar-refractivity contribution in [2.45, 2.75) is 75.6 Å². The van der Waals surface area contributed by atoms with Crippen LogP contribution in [0.4, 0.5) is 4.79 Å². The van der Waals surface area contributed by atoms with Gasteiger partial charge >= 0.3 is 12.1 Å². The highest BCUT2D eigenvalue weighted by molar-refractivity contribution is 8.01. The van der Waals surface area contributed by atoms with Crippen molar-refractivity contribution >= 4 is 29.8 Å². The first kappa shape index (κ1) is 18.9. The average Bonchev–Trinajstić information content (AvgIpc) is 2.64. The van der Waals surface area contributed by atoms with Gasteiger partial charge in [0.15, 0.2) is 0 Å². The Morgan fingerprint density at radius 3 is 2.42 bits per heavy atom. The Bertz CT molecular complexity index is 562. The summed E-state index contributed by atoms with van der Waals surface area (Å²) in [5.41, 5.74) is 5.78. The fraction of sp³-hybridized carbons (Fsp3) is 0.800. The molecule has 0 bridgehead atoms. The summed E-state index contributed by atoms with van der Waals surface area (Å²) >= 11 is 1.46. The molecule has 0 spiro atoms. The van der Waals surface area contributed by atoms with E-state index in [4.69, 9.17) is 19.9 Å². The number of hydrogen-bond donors (Lipinski definition) is 1. The normalized spacial score (nSPS) is 28.2. The highest BCUT2D eigenvalue weighted by Gasteiger charge is 2.63. The van der Waals surface area contributed by atoms with Gasteiger partial charge in [0.1, 0.15) is 17.5 Å². The number of carbonyl (C=O) groups is 3. The number of esters is 1. The maximum Gasteiger partial charge on any atom is 0.511 e. The van der Waals surface area contributed by atoms with Crippen molar-refractivity contribution in [3.63, 3.8) is 0 Å². The summed E-state index contributed by atoms with van der Waals surface area (Å²) in [4.78, 5) is 37.7. The number of thioether (sulfide) groups is 1. The Balaban J connectivity index is 2.05. The number of ether oxygens (including phenoxy) is 3. The smallest absolute Gasteiger partial charge is 0.431 e. The van der Waals surface area contributed by atoms with Crippen LogP contribution in [0.5, 0.6) is 0 Å². The van der Waals surface area contributed by atoms with E-state index in [0.29, 0.717) is 0 Å². The lowest BCUT2D eigenvalue weighted by atomic mass is 9.96. The minimum absolute atomic E-state index is 0.236. The van der Waals surface area contributed by atoms with E-state index in [-0.39, 0.29) is 17.4 Å². The van der Waals surface area contributed by atoms with Crippen molar-refractivity contribution in [1.82, 2.24) is 4.90 Å². The predicted octanol–water partition coefficient (Wildman–Crippen LogP) is 1.22. The van der Waals surface area contributed by atoms with Crippen LogP contribution in [0.2, 0.25) is 0 Å². The van der Waals surface area contributed by atoms with Crippen LogP contribution in [0.3, 0.4) is 0 Å². The molecule has 2 aliphatic heterocycles. The van der Waals surface area contributed by atoms with Crippen LogP contribution in [0.25, 0.3) is 0 Å². The molecule has 2 saturated heterocycles. The SMILES string of the molecule is CC(C)OC(=O)OC(C)(C)OC(=O)[C@@H]1N2C(=O)[C@@H](N)[C@H]2SC1(C)C. The third-order valence-corrected chi connectivity index (χ3v) is 5.31. The van der Waals surface area contributed by atoms with Gasteiger partial charge in [-0.25, -0.2) is 9.59 Å². The molecule has 0 aromatic heterocycles. The molecular weight excluding hydrogens is 336 g/mol. The summed E-state index contributed by atoms with van der Waals surface area (Å²) < 4.78 is 14.7. The Hall–Kier alpha value is -1.48. The van der Waals surface area contributed by atoms with Gasteiger partial charge in [-0.3, -0.25) is 4.79 Å². The summed E-state index contributed by atoms with van der Waals surface area (Å²) in [6.45, 7) is 9.92. The highest BCUT2D eigenvalue weighted by atomic mass is 32.2. The molecule has 2 rings (SSSR count). The zero-order valence-electron chi connectivity index (χ0n) is 14.7. The van der Waals surface area contributed by atoms with Crippen molar-refractivity contribution in [2.75, 3.05) is 0 Å². The number of carbonyl (C=O) groups excluding carboxylic acids is 3. The number of amides is 1. The summed E-state index contributed by atoms with van der Waals surface area (Å²) in [7, 11) is 0. The zero-order chi connectivity index (χ0) is 18.4. The van der Waals surface area contributed by atoms with Crippen LogP contribution >= 0.6 is 11.8 Å². The van der Waals surface area contributed by atoms with Crippen LogP contribution in [0.1, 0.15) is 41.5 Å². The lowest BCUT2D eigenvalue weighted by molar-refractivity contribution is -0.209. The molecule has 0 unspecified atom stereocenters. The highest BCUT2D eigenvalue weighted by Crippen LogP contribution is 2.50. The minimum Gasteiger partial charge on any atom is -0.431 e. The van der Waals surface area contributed by atoms with Crippen molar-refractivity contribution in [2.24, 2.45) is 5.73 Å². The molecule has 0 aliphatic carbocycles. The van der Waals surface area contributed by atoms with Crippen molar-refractivity contribution in [3.05, 3.63) is 0 Å². The molecule has 0 aromatic rings. The molecule has 24 heavy (non-hydrogen) atoms. The van der Waals surface area contributed by atoms with E-state index in [0.717, 1.165) is 0 Å². The van der Waals surface area contributed by atoms with E-state index >= 15 is 0 Å². The van der Waals surface area contributed by atoms with Crippen LogP contribution in [0, 0.1) is 0 Å². The van der Waals surface area contributed by atoms with E-state index in [1.165, 1.54) is 30.5 Å². The Morgan fingerprint density at radius 2 is 1.88 bits per heavy atom. The standard InChI is InChI=1S/C15H24N2O6S/c1-7(2)21-13(20)23-15(5,6)22-12(19)9-14(3,4)24-11-8(16)10(18)17(9)11/h7-9,11H,16H2,1-6H3/t8-,9+,11-/m1/s1. The first-order valence-corrected chi connectivity index (χ1v) is 8.62. The summed E-state index contributed by atoms with van der Waals surface area (Å²) in [5, 5.41) is -0.236. The first-order chi connectivity index (χ1) is 10.9. The number of rotatable bonds is 4. The molecule has 3 atom stereocenters. The molecule has 9 heteroatoms. The molecule has 1 amide bonds. The van der Waals surface area contributed by atoms with E-state index < -0.39 is 34.7 Å². The van der Waals surface area contributed by atoms with E-state index in [1.54, 1.807) is 13.8 Å². The molecule has 2 aliphatic rings. The van der Waals surface area contributed by atoms with Crippen molar-refractivity contribution < 1.29 is 28.6 Å². The number of fused-ring (bicyclic) bond motifs is 1. The van der Waals surface area contributed by atoms with Gasteiger partial charge in [0.25, 0.3) is 5.79 Å². The maximum atomic E-state index is 12.6. The molecule has 0 radical (unpaired) electrons. The molecule has 136 valence electrons. The second kappa shape index (κ2) is 6.11. The van der Waals surface area contributed by atoms with Gasteiger partial charge in [-0.1, -0.05) is 0 Å². The third kappa shape index (κ3) is 3.46. The molecule has 0 aromatic carbocycles. The number of nitrogens with zero attached hydrogens (tertiary/aromatic N) is 1. The third-order valence-electron chi connectivity index (χ3n) is 3.71. The molecule has 2 N–H and O–H groups in total. The maximum absolute atomic E-state index is 12.6. The van der Waals surface area contributed by atoms with Crippen LogP contribution < -0.4 is 5.73 Å². The molecule has 8 nitrogen and oxygen atoms in total. The minimum atomic E-state index is -1.52. The van der Waals surface area contributed by atoms with E-state index in [2.05, 4.69) is 0 Å². The zero-order valence-corrected chi connectivity index (χ0v) is 15.5. The largest absolute Gasteiger partial charge is 0.511 e. The fourth-order valence-corrected chi connectivity index (χ4v) is 4.32. The second-order valence-electron chi connectivity index (χ2n) is 7.13. The van der Waals surface area contributed by atoms with E-state index in [1.807, 2.05) is 13.8 Å². The second-order valence-corrected chi connectivity index (χ2v) is 8.90. The van der Waals surface area contributed by atoms with E-state index in [9.17, 15) is 14.4 Å². The monoisotopic (exact) mass is 360 g/mol. The number of β-lactam (4-membered cyclic amide) rings is 1. The fourth-order valence-electron chi connectivity index (χ4n) is 2.76. The van der Waals surface area contributed by atoms with Gasteiger partial charge in [0, 0.05) is 18.6 Å². The van der Waals surface area contributed by atoms with Gasteiger partial charge in [0.05, 0.1) is 6.10 Å². The molecule has 2 heterocycles. The predicted molar refractivity (Wildman–Crippen MR) is 86.9 cm³/mol. The van der Waals surface area contributed by atoms with Gasteiger partial charge in [-0.2, -0.15) is 0 Å². The lowest BCUT2D eigenvalue weighted by Crippen LogP contribution is -2.69. The summed E-state index contributed by atoms with van der Waals surface area (Å²) in [6.07, 6.45) is -1.28. The molecular formula is C15H24N2O6S. The average molecular weight is 360 g/mol. The van der Waals surface area contributed by atoms with Gasteiger partial charge < -0.3 is 24.8 Å². The number of hydrogen-bond acceptors (Lipinski definition) is 8. The van der Waals surface area contributed by atoms with Crippen LogP contribution in [0.15, 0.2) is 0 Å². The quantitative estimate of drug-likeness (QED) is 0.453. The van der Waals surface area contributed by atoms with Crippen molar-refractivity contribution in [3.8, 4) is 0 Å².